The van der Waals surface area contributed by atoms with E-state index in [0.717, 1.165) is 16.9 Å². The van der Waals surface area contributed by atoms with E-state index in [2.05, 4.69) is 4.99 Å². The van der Waals surface area contributed by atoms with Crippen LogP contribution in [0.25, 0.3) is 0 Å². The third-order valence-electron chi connectivity index (χ3n) is 3.75. The van der Waals surface area contributed by atoms with Crippen LogP contribution in [-0.4, -0.2) is 17.6 Å². The smallest absolute Gasteiger partial charge is 0.159 e. The van der Waals surface area contributed by atoms with E-state index in [1.54, 1.807) is 13.0 Å². The van der Waals surface area contributed by atoms with Gasteiger partial charge in [-0.2, -0.15) is 0 Å². The van der Waals surface area contributed by atoms with Crippen LogP contribution < -0.4 is 10.5 Å². The average Bonchev–Trinajstić information content (AvgIpc) is 2.61. The third kappa shape index (κ3) is 5.64. The van der Waals surface area contributed by atoms with Gasteiger partial charge in [-0.1, -0.05) is 42.1 Å². The molecular formula is C20H24N2O2S. The summed E-state index contributed by atoms with van der Waals surface area (Å²) < 4.78 is 5.65. The molecule has 2 aromatic carbocycles. The second-order valence-electron chi connectivity index (χ2n) is 5.65. The van der Waals surface area contributed by atoms with E-state index in [1.165, 1.54) is 11.8 Å². The second-order valence-corrected chi connectivity index (χ2v) is 6.65. The van der Waals surface area contributed by atoms with Crippen molar-refractivity contribution in [1.82, 2.24) is 0 Å². The number of amidine groups is 1. The molecule has 25 heavy (non-hydrogen) atoms. The van der Waals surface area contributed by atoms with Gasteiger partial charge in [0, 0.05) is 16.9 Å². The van der Waals surface area contributed by atoms with Crippen LogP contribution in [0.3, 0.4) is 0 Å². The minimum atomic E-state index is 0.00335. The van der Waals surface area contributed by atoms with Gasteiger partial charge in [-0.3, -0.25) is 9.79 Å². The topological polar surface area (TPSA) is 64.7 Å². The van der Waals surface area contributed by atoms with E-state index in [4.69, 9.17) is 10.5 Å². The van der Waals surface area contributed by atoms with Crippen LogP contribution in [0.1, 0.15) is 48.3 Å². The Morgan fingerprint density at radius 2 is 1.96 bits per heavy atom. The highest BCUT2D eigenvalue weighted by molar-refractivity contribution is 8.13. The summed E-state index contributed by atoms with van der Waals surface area (Å²) in [4.78, 5) is 16.2. The molecule has 0 radical (unpaired) electrons. The summed E-state index contributed by atoms with van der Waals surface area (Å²) >= 11 is 1.45. The summed E-state index contributed by atoms with van der Waals surface area (Å²) in [6.45, 7) is 6.09. The number of benzene rings is 2. The maximum atomic E-state index is 11.6. The number of Topliss-reactive ketones (excluding diaryl/α,β-unsaturated/α-hetero) is 1. The SMILES string of the molecule is CCOc1ccc(C(C)=O)cc1CSC(N)=N[C@@H](C)c1ccccc1. The van der Waals surface area contributed by atoms with Gasteiger partial charge in [0.2, 0.25) is 0 Å². The van der Waals surface area contributed by atoms with Gasteiger partial charge in [0.1, 0.15) is 5.75 Å². The van der Waals surface area contributed by atoms with E-state index in [-0.39, 0.29) is 11.8 Å². The predicted octanol–water partition coefficient (Wildman–Crippen LogP) is 4.60. The molecule has 0 aliphatic carbocycles. The van der Waals surface area contributed by atoms with E-state index < -0.39 is 0 Å². The molecule has 132 valence electrons. The first kappa shape index (κ1) is 19.1. The van der Waals surface area contributed by atoms with E-state index in [9.17, 15) is 4.79 Å². The summed E-state index contributed by atoms with van der Waals surface area (Å²) in [7, 11) is 0. The Balaban J connectivity index is 2.09. The highest BCUT2D eigenvalue weighted by atomic mass is 32.2. The van der Waals surface area contributed by atoms with Crippen molar-refractivity contribution in [2.45, 2.75) is 32.6 Å². The first-order valence-electron chi connectivity index (χ1n) is 8.29. The summed E-state index contributed by atoms with van der Waals surface area (Å²) in [6, 6.07) is 15.5. The molecule has 0 aromatic heterocycles. The Morgan fingerprint density at radius 3 is 2.60 bits per heavy atom. The summed E-state index contributed by atoms with van der Waals surface area (Å²) in [5.74, 6) is 1.42. The van der Waals surface area contributed by atoms with Crippen molar-refractivity contribution in [2.24, 2.45) is 10.7 Å². The number of carbonyl (C=O) groups is 1. The van der Waals surface area contributed by atoms with E-state index in [1.807, 2.05) is 56.3 Å². The van der Waals surface area contributed by atoms with E-state index >= 15 is 0 Å². The predicted molar refractivity (Wildman–Crippen MR) is 105 cm³/mol. The molecule has 0 amide bonds. The fraction of sp³-hybridized carbons (Fsp3) is 0.300. The molecule has 0 spiro atoms. The highest BCUT2D eigenvalue weighted by Gasteiger charge is 2.10. The lowest BCUT2D eigenvalue weighted by Crippen LogP contribution is -2.09. The zero-order valence-electron chi connectivity index (χ0n) is 14.9. The zero-order chi connectivity index (χ0) is 18.2. The zero-order valence-corrected chi connectivity index (χ0v) is 15.7. The first-order chi connectivity index (χ1) is 12.0. The summed E-state index contributed by atoms with van der Waals surface area (Å²) in [6.07, 6.45) is 0. The van der Waals surface area contributed by atoms with Crippen molar-refractivity contribution in [3.8, 4) is 5.75 Å². The molecule has 4 nitrogen and oxygen atoms in total. The van der Waals surface area contributed by atoms with Gasteiger partial charge in [0.05, 0.1) is 12.6 Å². The molecule has 0 aliphatic heterocycles. The fourth-order valence-corrected chi connectivity index (χ4v) is 3.16. The number of thioether (sulfide) groups is 1. The van der Waals surface area contributed by atoms with Gasteiger partial charge in [-0.05, 0) is 44.5 Å². The largest absolute Gasteiger partial charge is 0.494 e. The maximum absolute atomic E-state index is 11.6. The first-order valence-corrected chi connectivity index (χ1v) is 9.27. The van der Waals surface area contributed by atoms with Crippen molar-refractivity contribution >= 4 is 22.7 Å². The minimum Gasteiger partial charge on any atom is -0.494 e. The molecule has 0 unspecified atom stereocenters. The van der Waals surface area contributed by atoms with Gasteiger partial charge in [0.15, 0.2) is 11.0 Å². The summed E-state index contributed by atoms with van der Waals surface area (Å²) in [5, 5.41) is 0.520. The van der Waals surface area contributed by atoms with Crippen LogP contribution in [0.2, 0.25) is 0 Å². The van der Waals surface area contributed by atoms with Crippen molar-refractivity contribution in [2.75, 3.05) is 6.61 Å². The van der Waals surface area contributed by atoms with Crippen LogP contribution in [0.4, 0.5) is 0 Å². The molecule has 2 N–H and O–H groups in total. The molecule has 1 atom stereocenters. The number of hydrogen-bond donors (Lipinski definition) is 1. The third-order valence-corrected chi connectivity index (χ3v) is 4.60. The number of aliphatic imine (C=N–C) groups is 1. The lowest BCUT2D eigenvalue weighted by molar-refractivity contribution is 0.101. The Morgan fingerprint density at radius 1 is 1.24 bits per heavy atom. The minimum absolute atomic E-state index is 0.00335. The number of ether oxygens (including phenoxy) is 1. The number of ketones is 1. The van der Waals surface area contributed by atoms with E-state index in [0.29, 0.717) is 23.1 Å². The molecule has 0 saturated carbocycles. The molecule has 0 aliphatic rings. The Hall–Kier alpha value is -2.27. The molecule has 0 heterocycles. The summed E-state index contributed by atoms with van der Waals surface area (Å²) in [5.41, 5.74) is 8.83. The number of nitrogens with zero attached hydrogens (tertiary/aromatic N) is 1. The standard InChI is InChI=1S/C20H24N2O2S/c1-4-24-19-11-10-17(15(3)23)12-18(19)13-25-20(21)22-14(2)16-8-6-5-7-9-16/h5-12,14H,4,13H2,1-3H3,(H2,21,22)/t14-/m0/s1. The van der Waals surface area contributed by atoms with Gasteiger partial charge in [0.25, 0.3) is 0 Å². The molecule has 0 bridgehead atoms. The number of rotatable bonds is 7. The highest BCUT2D eigenvalue weighted by Crippen LogP contribution is 2.26. The number of carbonyl (C=O) groups excluding carboxylic acids is 1. The van der Waals surface area contributed by atoms with Crippen LogP contribution in [0, 0.1) is 0 Å². The molecule has 2 aromatic rings. The van der Waals surface area contributed by atoms with Crippen LogP contribution in [-0.2, 0) is 5.75 Å². The fourth-order valence-electron chi connectivity index (χ4n) is 2.39. The van der Waals surface area contributed by atoms with Gasteiger partial charge >= 0.3 is 0 Å². The van der Waals surface area contributed by atoms with Crippen molar-refractivity contribution in [3.63, 3.8) is 0 Å². The Labute approximate surface area is 153 Å². The molecule has 0 fully saturated rings. The van der Waals surface area contributed by atoms with Crippen molar-refractivity contribution in [1.29, 1.82) is 0 Å². The van der Waals surface area contributed by atoms with Gasteiger partial charge < -0.3 is 10.5 Å². The Kier molecular flexibility index (Phi) is 7.07. The normalized spacial score (nSPS) is 12.7. The molecule has 0 saturated heterocycles. The molecule has 2 rings (SSSR count). The average molecular weight is 356 g/mol. The van der Waals surface area contributed by atoms with Gasteiger partial charge in [-0.25, -0.2) is 0 Å². The van der Waals surface area contributed by atoms with Crippen LogP contribution >= 0.6 is 11.8 Å². The van der Waals surface area contributed by atoms with Crippen LogP contribution in [0.5, 0.6) is 5.75 Å². The number of nitrogens with two attached hydrogens (primary N) is 1. The lowest BCUT2D eigenvalue weighted by Gasteiger charge is -2.12. The van der Waals surface area contributed by atoms with Crippen molar-refractivity contribution < 1.29 is 9.53 Å². The monoisotopic (exact) mass is 356 g/mol. The van der Waals surface area contributed by atoms with Crippen molar-refractivity contribution in [3.05, 3.63) is 65.2 Å². The maximum Gasteiger partial charge on any atom is 0.159 e. The number of hydrogen-bond acceptors (Lipinski definition) is 4. The van der Waals surface area contributed by atoms with Crippen LogP contribution in [0.15, 0.2) is 53.5 Å². The lowest BCUT2D eigenvalue weighted by atomic mass is 10.1. The van der Waals surface area contributed by atoms with Gasteiger partial charge in [-0.15, -0.1) is 0 Å². The quantitative estimate of drug-likeness (QED) is 0.447. The molecular weight excluding hydrogens is 332 g/mol. The molecule has 5 heteroatoms. The Bertz CT molecular complexity index is 745. The second kappa shape index (κ2) is 9.28.